The molecule has 1 fully saturated rings. The van der Waals surface area contributed by atoms with Crippen molar-refractivity contribution < 1.29 is 19.0 Å². The van der Waals surface area contributed by atoms with E-state index in [4.69, 9.17) is 25.8 Å². The van der Waals surface area contributed by atoms with Gasteiger partial charge in [-0.05, 0) is 67.6 Å². The van der Waals surface area contributed by atoms with Gasteiger partial charge in [0.25, 0.3) is 0 Å². The fraction of sp³-hybridized carbons (Fsp3) is 0.458. The van der Waals surface area contributed by atoms with Crippen LogP contribution in [0, 0.1) is 5.92 Å². The first-order valence-electron chi connectivity index (χ1n) is 10.6. The molecule has 5 nitrogen and oxygen atoms in total. The number of carbonyl (C=O) groups excluding carboxylic acids is 1. The molecule has 0 aliphatic carbocycles. The van der Waals surface area contributed by atoms with Crippen LogP contribution in [0.25, 0.3) is 0 Å². The molecule has 6 heteroatoms. The first-order valence-corrected chi connectivity index (χ1v) is 11.0. The Kier molecular flexibility index (Phi) is 6.49. The molecule has 30 heavy (non-hydrogen) atoms. The van der Waals surface area contributed by atoms with Crippen molar-refractivity contribution in [2.45, 2.75) is 31.6 Å². The Labute approximate surface area is 182 Å². The van der Waals surface area contributed by atoms with Crippen LogP contribution in [0.2, 0.25) is 5.02 Å². The van der Waals surface area contributed by atoms with Crippen molar-refractivity contribution in [3.63, 3.8) is 0 Å². The largest absolute Gasteiger partial charge is 0.494 e. The van der Waals surface area contributed by atoms with Crippen molar-refractivity contribution in [1.82, 2.24) is 5.32 Å². The summed E-state index contributed by atoms with van der Waals surface area (Å²) in [7, 11) is 0. The molecule has 0 saturated carbocycles. The summed E-state index contributed by atoms with van der Waals surface area (Å²) in [6, 6.07) is 13.8. The van der Waals surface area contributed by atoms with Crippen molar-refractivity contribution >= 4 is 17.5 Å². The minimum atomic E-state index is -0.215. The van der Waals surface area contributed by atoms with Gasteiger partial charge in [-0.25, -0.2) is 0 Å². The molecule has 0 aromatic heterocycles. The highest BCUT2D eigenvalue weighted by Crippen LogP contribution is 2.36. The molecule has 0 spiro atoms. The molecule has 0 radical (unpaired) electrons. The van der Waals surface area contributed by atoms with Crippen LogP contribution < -0.4 is 14.8 Å². The Bertz CT molecular complexity index is 877. The number of hydrogen-bond donors (Lipinski definition) is 1. The highest BCUT2D eigenvalue weighted by molar-refractivity contribution is 6.30. The molecule has 2 aromatic rings. The normalized spacial score (nSPS) is 20.0. The Balaban J connectivity index is 1.44. The lowest BCUT2D eigenvalue weighted by Gasteiger charge is -2.38. The molecule has 2 heterocycles. The molecule has 2 aromatic carbocycles. The third-order valence-corrected chi connectivity index (χ3v) is 6.36. The zero-order chi connectivity index (χ0) is 21.0. The molecule has 2 aliphatic rings. The maximum absolute atomic E-state index is 13.0. The van der Waals surface area contributed by atoms with Gasteiger partial charge in [-0.2, -0.15) is 0 Å². The molecule has 1 saturated heterocycles. The Morgan fingerprint density at radius 1 is 1.20 bits per heavy atom. The van der Waals surface area contributed by atoms with Crippen LogP contribution in [0.4, 0.5) is 0 Å². The van der Waals surface area contributed by atoms with Gasteiger partial charge in [-0.15, -0.1) is 0 Å². The van der Waals surface area contributed by atoms with Crippen LogP contribution >= 0.6 is 11.6 Å². The van der Waals surface area contributed by atoms with Gasteiger partial charge in [-0.1, -0.05) is 23.7 Å². The van der Waals surface area contributed by atoms with E-state index in [0.29, 0.717) is 44.4 Å². The van der Waals surface area contributed by atoms with Gasteiger partial charge in [0.2, 0.25) is 5.91 Å². The molecule has 1 atom stereocenters. The lowest BCUT2D eigenvalue weighted by Crippen LogP contribution is -2.47. The van der Waals surface area contributed by atoms with E-state index in [2.05, 4.69) is 17.4 Å². The topological polar surface area (TPSA) is 56.8 Å². The van der Waals surface area contributed by atoms with Gasteiger partial charge in [-0.3, -0.25) is 4.79 Å². The van der Waals surface area contributed by atoms with Crippen molar-refractivity contribution in [2.75, 3.05) is 33.0 Å². The number of ether oxygens (including phenoxy) is 3. The summed E-state index contributed by atoms with van der Waals surface area (Å²) < 4.78 is 17.0. The Morgan fingerprint density at radius 2 is 1.97 bits per heavy atom. The van der Waals surface area contributed by atoms with Gasteiger partial charge < -0.3 is 19.5 Å². The molecule has 1 unspecified atom stereocenters. The fourth-order valence-electron chi connectivity index (χ4n) is 4.33. The van der Waals surface area contributed by atoms with E-state index in [9.17, 15) is 4.79 Å². The van der Waals surface area contributed by atoms with Crippen LogP contribution in [-0.2, 0) is 21.4 Å². The number of rotatable bonds is 6. The number of benzene rings is 2. The smallest absolute Gasteiger partial charge is 0.226 e. The first kappa shape index (κ1) is 21.0. The summed E-state index contributed by atoms with van der Waals surface area (Å²) in [5, 5.41) is 3.87. The number of amides is 1. The molecule has 160 valence electrons. The first-order chi connectivity index (χ1) is 14.6. The predicted octanol–water partition coefficient (Wildman–Crippen LogP) is 4.15. The summed E-state index contributed by atoms with van der Waals surface area (Å²) in [5.74, 6) is 1.49. The van der Waals surface area contributed by atoms with E-state index >= 15 is 0 Å². The monoisotopic (exact) mass is 429 g/mol. The molecule has 4 rings (SSSR count). The average molecular weight is 430 g/mol. The molecule has 0 bridgehead atoms. The van der Waals surface area contributed by atoms with Gasteiger partial charge in [0.15, 0.2) is 0 Å². The van der Waals surface area contributed by atoms with Crippen molar-refractivity contribution in [3.05, 3.63) is 58.6 Å². The zero-order valence-electron chi connectivity index (χ0n) is 17.3. The van der Waals surface area contributed by atoms with Crippen LogP contribution in [0.15, 0.2) is 42.5 Å². The van der Waals surface area contributed by atoms with Crippen molar-refractivity contribution in [2.24, 2.45) is 5.92 Å². The third kappa shape index (κ3) is 4.57. The van der Waals surface area contributed by atoms with Crippen LogP contribution in [0.1, 0.15) is 30.9 Å². The standard InChI is InChI=1S/C24H28ClNO4/c1-2-29-21-6-3-19(4-7-21)24(9-11-28-12-10-24)16-26-23(27)18-13-17-14-20(25)5-8-22(17)30-15-18/h3-8,14,18H,2,9-13,15-16H2,1H3,(H,26,27). The summed E-state index contributed by atoms with van der Waals surface area (Å²) in [5.41, 5.74) is 2.07. The van der Waals surface area contributed by atoms with E-state index in [1.165, 1.54) is 5.56 Å². The van der Waals surface area contributed by atoms with E-state index in [0.717, 1.165) is 29.9 Å². The maximum Gasteiger partial charge on any atom is 0.226 e. The van der Waals surface area contributed by atoms with Gasteiger partial charge in [0, 0.05) is 30.2 Å². The van der Waals surface area contributed by atoms with Gasteiger partial charge in [0.05, 0.1) is 12.5 Å². The fourth-order valence-corrected chi connectivity index (χ4v) is 4.53. The molecule has 1 N–H and O–H groups in total. The number of fused-ring (bicyclic) bond motifs is 1. The van der Waals surface area contributed by atoms with Crippen molar-refractivity contribution in [3.8, 4) is 11.5 Å². The number of nitrogens with one attached hydrogen (secondary N) is 1. The summed E-state index contributed by atoms with van der Waals surface area (Å²) in [6.45, 7) is 4.99. The maximum atomic E-state index is 13.0. The van der Waals surface area contributed by atoms with Gasteiger partial charge >= 0.3 is 0 Å². The highest BCUT2D eigenvalue weighted by Gasteiger charge is 2.36. The highest BCUT2D eigenvalue weighted by atomic mass is 35.5. The van der Waals surface area contributed by atoms with E-state index < -0.39 is 0 Å². The minimum Gasteiger partial charge on any atom is -0.494 e. The number of hydrogen-bond acceptors (Lipinski definition) is 4. The Hall–Kier alpha value is -2.24. The van der Waals surface area contributed by atoms with Crippen LogP contribution in [0.3, 0.4) is 0 Å². The van der Waals surface area contributed by atoms with E-state index in [1.54, 1.807) is 0 Å². The number of halogens is 1. The minimum absolute atomic E-state index is 0.0254. The molecular formula is C24H28ClNO4. The quantitative estimate of drug-likeness (QED) is 0.749. The average Bonchev–Trinajstić information content (AvgIpc) is 2.78. The van der Waals surface area contributed by atoms with Gasteiger partial charge in [0.1, 0.15) is 18.1 Å². The second-order valence-electron chi connectivity index (χ2n) is 8.03. The summed E-state index contributed by atoms with van der Waals surface area (Å²) in [4.78, 5) is 13.0. The second kappa shape index (κ2) is 9.27. The lowest BCUT2D eigenvalue weighted by molar-refractivity contribution is -0.126. The number of carbonyl (C=O) groups is 1. The predicted molar refractivity (Wildman–Crippen MR) is 116 cm³/mol. The Morgan fingerprint density at radius 3 is 2.70 bits per heavy atom. The SMILES string of the molecule is CCOc1ccc(C2(CNC(=O)C3COc4ccc(Cl)cc4C3)CCOCC2)cc1. The summed E-state index contributed by atoms with van der Waals surface area (Å²) in [6.07, 6.45) is 2.39. The van der Waals surface area contributed by atoms with E-state index in [1.807, 2.05) is 37.3 Å². The van der Waals surface area contributed by atoms with E-state index in [-0.39, 0.29) is 17.2 Å². The molecule has 1 amide bonds. The molecular weight excluding hydrogens is 402 g/mol. The van der Waals surface area contributed by atoms with Crippen LogP contribution in [0.5, 0.6) is 11.5 Å². The lowest BCUT2D eigenvalue weighted by atomic mass is 9.74. The zero-order valence-corrected chi connectivity index (χ0v) is 18.0. The molecule has 2 aliphatic heterocycles. The van der Waals surface area contributed by atoms with Crippen LogP contribution in [-0.4, -0.2) is 38.9 Å². The second-order valence-corrected chi connectivity index (χ2v) is 8.47. The third-order valence-electron chi connectivity index (χ3n) is 6.13. The van der Waals surface area contributed by atoms with Crippen molar-refractivity contribution in [1.29, 1.82) is 0 Å². The summed E-state index contributed by atoms with van der Waals surface area (Å²) >= 11 is 6.11.